The quantitative estimate of drug-likeness (QED) is 0.832. The summed E-state index contributed by atoms with van der Waals surface area (Å²) in [5.41, 5.74) is 7.87. The number of benzene rings is 2. The molecule has 2 rings (SSSR count). The van der Waals surface area contributed by atoms with Gasteiger partial charge in [-0.05, 0) is 48.6 Å². The van der Waals surface area contributed by atoms with Crippen molar-refractivity contribution in [1.29, 1.82) is 0 Å². The smallest absolute Gasteiger partial charge is 0.142 e. The van der Waals surface area contributed by atoms with E-state index >= 15 is 0 Å². The Morgan fingerprint density at radius 1 is 1.05 bits per heavy atom. The van der Waals surface area contributed by atoms with Gasteiger partial charge in [-0.25, -0.2) is 4.39 Å². The third kappa shape index (κ3) is 3.81. The standard InChI is InChI=1S/C16H16BrClFN/c17-14-6-2-1-4-12(14)8-11(10-20)9-13-5-3-7-15(19)16(13)18/h1-7,11H,8-10,20H2. The van der Waals surface area contributed by atoms with Crippen molar-refractivity contribution in [2.45, 2.75) is 12.8 Å². The van der Waals surface area contributed by atoms with E-state index in [9.17, 15) is 4.39 Å². The zero-order valence-electron chi connectivity index (χ0n) is 11.0. The topological polar surface area (TPSA) is 26.0 Å². The molecular formula is C16H16BrClFN. The van der Waals surface area contributed by atoms with Crippen LogP contribution >= 0.6 is 27.5 Å². The molecule has 2 N–H and O–H groups in total. The van der Waals surface area contributed by atoms with Crippen molar-refractivity contribution in [1.82, 2.24) is 0 Å². The highest BCUT2D eigenvalue weighted by Crippen LogP contribution is 2.25. The molecule has 2 aromatic rings. The van der Waals surface area contributed by atoms with Crippen LogP contribution in [-0.2, 0) is 12.8 Å². The van der Waals surface area contributed by atoms with Crippen molar-refractivity contribution >= 4 is 27.5 Å². The number of rotatable bonds is 5. The highest BCUT2D eigenvalue weighted by molar-refractivity contribution is 9.10. The largest absolute Gasteiger partial charge is 0.330 e. The third-order valence-electron chi connectivity index (χ3n) is 3.34. The van der Waals surface area contributed by atoms with E-state index in [0.717, 1.165) is 16.5 Å². The SMILES string of the molecule is NCC(Cc1ccccc1Br)Cc1cccc(F)c1Cl. The van der Waals surface area contributed by atoms with Crippen LogP contribution in [0.25, 0.3) is 0 Å². The fourth-order valence-corrected chi connectivity index (χ4v) is 2.88. The van der Waals surface area contributed by atoms with Gasteiger partial charge in [-0.1, -0.05) is 57.9 Å². The molecule has 0 heterocycles. The highest BCUT2D eigenvalue weighted by Gasteiger charge is 2.14. The molecule has 0 aliphatic heterocycles. The molecule has 2 aromatic carbocycles. The Kier molecular flexibility index (Phi) is 5.58. The van der Waals surface area contributed by atoms with Crippen LogP contribution in [-0.4, -0.2) is 6.54 Å². The first-order valence-electron chi connectivity index (χ1n) is 6.48. The normalized spacial score (nSPS) is 12.4. The number of hydrogen-bond acceptors (Lipinski definition) is 1. The van der Waals surface area contributed by atoms with E-state index in [-0.39, 0.29) is 16.8 Å². The van der Waals surface area contributed by atoms with Crippen molar-refractivity contribution in [2.24, 2.45) is 11.7 Å². The summed E-state index contributed by atoms with van der Waals surface area (Å²) in [6.07, 6.45) is 1.51. The fourth-order valence-electron chi connectivity index (χ4n) is 2.23. The first-order chi connectivity index (χ1) is 9.61. The monoisotopic (exact) mass is 355 g/mol. The zero-order valence-corrected chi connectivity index (χ0v) is 13.3. The minimum Gasteiger partial charge on any atom is -0.330 e. The molecule has 0 saturated carbocycles. The minimum absolute atomic E-state index is 0.207. The summed E-state index contributed by atoms with van der Waals surface area (Å²) >= 11 is 9.54. The Morgan fingerprint density at radius 3 is 2.40 bits per heavy atom. The molecule has 1 nitrogen and oxygen atoms in total. The molecule has 1 unspecified atom stereocenters. The lowest BCUT2D eigenvalue weighted by molar-refractivity contribution is 0.529. The minimum atomic E-state index is -0.374. The summed E-state index contributed by atoms with van der Waals surface area (Å²) in [7, 11) is 0. The van der Waals surface area contributed by atoms with Crippen molar-refractivity contribution < 1.29 is 4.39 Å². The van der Waals surface area contributed by atoms with Crippen LogP contribution in [0.15, 0.2) is 46.9 Å². The highest BCUT2D eigenvalue weighted by atomic mass is 79.9. The average molecular weight is 357 g/mol. The van der Waals surface area contributed by atoms with Gasteiger partial charge in [0.2, 0.25) is 0 Å². The number of halogens is 3. The van der Waals surface area contributed by atoms with Gasteiger partial charge in [0.15, 0.2) is 0 Å². The van der Waals surface area contributed by atoms with Crippen LogP contribution < -0.4 is 5.73 Å². The Morgan fingerprint density at radius 2 is 1.70 bits per heavy atom. The predicted octanol–water partition coefficient (Wildman–Crippen LogP) is 4.60. The van der Waals surface area contributed by atoms with E-state index in [0.29, 0.717) is 13.0 Å². The predicted molar refractivity (Wildman–Crippen MR) is 85.5 cm³/mol. The molecule has 1 atom stereocenters. The maximum Gasteiger partial charge on any atom is 0.142 e. The molecule has 106 valence electrons. The van der Waals surface area contributed by atoms with Gasteiger partial charge in [0.05, 0.1) is 5.02 Å². The Labute approximate surface area is 132 Å². The van der Waals surface area contributed by atoms with E-state index in [1.807, 2.05) is 24.3 Å². The van der Waals surface area contributed by atoms with Gasteiger partial charge < -0.3 is 5.73 Å². The summed E-state index contributed by atoms with van der Waals surface area (Å²) in [5, 5.41) is 0.207. The molecule has 0 amide bonds. The average Bonchev–Trinajstić information content (AvgIpc) is 2.45. The van der Waals surface area contributed by atoms with Crippen molar-refractivity contribution in [2.75, 3.05) is 6.54 Å². The Balaban J connectivity index is 2.14. The van der Waals surface area contributed by atoms with Crippen molar-refractivity contribution in [3.8, 4) is 0 Å². The summed E-state index contributed by atoms with van der Waals surface area (Å²) in [6, 6.07) is 13.0. The number of nitrogens with two attached hydrogens (primary N) is 1. The van der Waals surface area contributed by atoms with Crippen molar-refractivity contribution in [3.05, 3.63) is 68.9 Å². The summed E-state index contributed by atoms with van der Waals surface area (Å²) in [6.45, 7) is 0.536. The van der Waals surface area contributed by atoms with Crippen LogP contribution in [0.3, 0.4) is 0 Å². The van der Waals surface area contributed by atoms with Gasteiger partial charge in [0.25, 0.3) is 0 Å². The molecular weight excluding hydrogens is 341 g/mol. The summed E-state index contributed by atoms with van der Waals surface area (Å²) in [5.74, 6) is -0.145. The second kappa shape index (κ2) is 7.21. The van der Waals surface area contributed by atoms with Gasteiger partial charge in [0.1, 0.15) is 5.82 Å². The first-order valence-corrected chi connectivity index (χ1v) is 7.65. The molecule has 0 aromatic heterocycles. The maximum absolute atomic E-state index is 13.5. The lowest BCUT2D eigenvalue weighted by Crippen LogP contribution is -2.19. The maximum atomic E-state index is 13.5. The van der Waals surface area contributed by atoms with E-state index in [4.69, 9.17) is 17.3 Å². The van der Waals surface area contributed by atoms with Crippen LogP contribution in [0.2, 0.25) is 5.02 Å². The van der Waals surface area contributed by atoms with Crippen LogP contribution in [0.1, 0.15) is 11.1 Å². The van der Waals surface area contributed by atoms with Gasteiger partial charge in [0, 0.05) is 4.47 Å². The fraction of sp³-hybridized carbons (Fsp3) is 0.250. The van der Waals surface area contributed by atoms with E-state index in [1.165, 1.54) is 11.6 Å². The molecule has 0 aliphatic rings. The molecule has 0 spiro atoms. The summed E-state index contributed by atoms with van der Waals surface area (Å²) in [4.78, 5) is 0. The van der Waals surface area contributed by atoms with Crippen LogP contribution in [0, 0.1) is 11.7 Å². The molecule has 0 aliphatic carbocycles. The molecule has 0 radical (unpaired) electrons. The summed E-state index contributed by atoms with van der Waals surface area (Å²) < 4.78 is 14.5. The lowest BCUT2D eigenvalue weighted by atomic mass is 9.92. The van der Waals surface area contributed by atoms with Gasteiger partial charge >= 0.3 is 0 Å². The molecule has 20 heavy (non-hydrogen) atoms. The van der Waals surface area contributed by atoms with Crippen LogP contribution in [0.4, 0.5) is 4.39 Å². The molecule has 0 bridgehead atoms. The van der Waals surface area contributed by atoms with Gasteiger partial charge in [-0.2, -0.15) is 0 Å². The lowest BCUT2D eigenvalue weighted by Gasteiger charge is -2.17. The van der Waals surface area contributed by atoms with Crippen molar-refractivity contribution in [3.63, 3.8) is 0 Å². The van der Waals surface area contributed by atoms with Gasteiger partial charge in [-0.3, -0.25) is 0 Å². The van der Waals surface area contributed by atoms with Gasteiger partial charge in [-0.15, -0.1) is 0 Å². The molecule has 0 saturated heterocycles. The second-order valence-corrected chi connectivity index (χ2v) is 6.05. The zero-order chi connectivity index (χ0) is 14.5. The van der Waals surface area contributed by atoms with E-state index < -0.39 is 0 Å². The van der Waals surface area contributed by atoms with Crippen LogP contribution in [0.5, 0.6) is 0 Å². The third-order valence-corrected chi connectivity index (χ3v) is 4.54. The van der Waals surface area contributed by atoms with E-state index in [1.54, 1.807) is 6.07 Å². The second-order valence-electron chi connectivity index (χ2n) is 4.81. The Bertz CT molecular complexity index is 588. The number of hydrogen-bond donors (Lipinski definition) is 1. The molecule has 0 fully saturated rings. The van der Waals surface area contributed by atoms with E-state index in [2.05, 4.69) is 22.0 Å². The molecule has 4 heteroatoms. The Hall–Kier alpha value is -0.900. The first kappa shape index (κ1) is 15.5.